The Labute approximate surface area is 99.8 Å². The minimum Gasteiger partial charge on any atom is -0.310 e. The van der Waals surface area contributed by atoms with Gasteiger partial charge in [-0.05, 0) is 38.0 Å². The minimum absolute atomic E-state index is 0.806. The van der Waals surface area contributed by atoms with E-state index in [4.69, 9.17) is 0 Å². The molecule has 0 aromatic rings. The van der Waals surface area contributed by atoms with E-state index >= 15 is 0 Å². The summed E-state index contributed by atoms with van der Waals surface area (Å²) >= 11 is 0. The SMILES string of the molecule is CCC(CC1CC1)N1CCC(NC2CC2)C1. The normalized spacial score (nSPS) is 33.2. The van der Waals surface area contributed by atoms with Gasteiger partial charge in [0.1, 0.15) is 0 Å². The van der Waals surface area contributed by atoms with E-state index in [1.807, 2.05) is 0 Å². The van der Waals surface area contributed by atoms with Crippen molar-refractivity contribution in [1.82, 2.24) is 10.2 Å². The average molecular weight is 222 g/mol. The minimum atomic E-state index is 0.806. The summed E-state index contributed by atoms with van der Waals surface area (Å²) in [6, 6.07) is 2.58. The molecule has 2 saturated carbocycles. The maximum absolute atomic E-state index is 3.79. The Morgan fingerprint density at radius 2 is 1.94 bits per heavy atom. The third-order valence-corrected chi connectivity index (χ3v) is 4.56. The molecule has 0 aromatic heterocycles. The topological polar surface area (TPSA) is 15.3 Å². The number of rotatable bonds is 6. The van der Waals surface area contributed by atoms with E-state index in [0.29, 0.717) is 0 Å². The smallest absolute Gasteiger partial charge is 0.0209 e. The van der Waals surface area contributed by atoms with Crippen LogP contribution in [0.25, 0.3) is 0 Å². The molecule has 0 amide bonds. The molecule has 2 atom stereocenters. The first kappa shape index (κ1) is 11.0. The van der Waals surface area contributed by atoms with Crippen molar-refractivity contribution in [1.29, 1.82) is 0 Å². The summed E-state index contributed by atoms with van der Waals surface area (Å²) in [4.78, 5) is 2.76. The average Bonchev–Trinajstić information content (AvgIpc) is 3.18. The van der Waals surface area contributed by atoms with Crippen LogP contribution in [-0.4, -0.2) is 36.1 Å². The molecule has 1 N–H and O–H groups in total. The second-order valence-corrected chi connectivity index (χ2v) is 6.16. The molecule has 3 fully saturated rings. The lowest BCUT2D eigenvalue weighted by Gasteiger charge is -2.27. The van der Waals surface area contributed by atoms with Crippen LogP contribution in [0.5, 0.6) is 0 Å². The first-order valence-electron chi connectivity index (χ1n) is 7.35. The number of nitrogens with zero attached hydrogens (tertiary/aromatic N) is 1. The van der Waals surface area contributed by atoms with Crippen LogP contribution in [0.2, 0.25) is 0 Å². The van der Waals surface area contributed by atoms with Gasteiger partial charge in [0.25, 0.3) is 0 Å². The van der Waals surface area contributed by atoms with Crippen molar-refractivity contribution in [3.8, 4) is 0 Å². The van der Waals surface area contributed by atoms with Crippen LogP contribution in [0, 0.1) is 5.92 Å². The Hall–Kier alpha value is -0.0800. The fraction of sp³-hybridized carbons (Fsp3) is 1.00. The first-order chi connectivity index (χ1) is 7.85. The molecule has 2 nitrogen and oxygen atoms in total. The van der Waals surface area contributed by atoms with E-state index < -0.39 is 0 Å². The summed E-state index contributed by atoms with van der Waals surface area (Å²) in [5.41, 5.74) is 0. The summed E-state index contributed by atoms with van der Waals surface area (Å²) in [5, 5.41) is 3.79. The van der Waals surface area contributed by atoms with E-state index in [2.05, 4.69) is 17.1 Å². The zero-order valence-electron chi connectivity index (χ0n) is 10.6. The van der Waals surface area contributed by atoms with Gasteiger partial charge in [0.2, 0.25) is 0 Å². The van der Waals surface area contributed by atoms with Crippen molar-refractivity contribution in [2.24, 2.45) is 5.92 Å². The largest absolute Gasteiger partial charge is 0.310 e. The molecule has 3 rings (SSSR count). The maximum Gasteiger partial charge on any atom is 0.0209 e. The van der Waals surface area contributed by atoms with Crippen molar-refractivity contribution in [3.63, 3.8) is 0 Å². The highest BCUT2D eigenvalue weighted by molar-refractivity contribution is 4.92. The Morgan fingerprint density at radius 3 is 2.56 bits per heavy atom. The van der Waals surface area contributed by atoms with Gasteiger partial charge in [-0.2, -0.15) is 0 Å². The monoisotopic (exact) mass is 222 g/mol. The Balaban J connectivity index is 1.45. The number of nitrogens with one attached hydrogen (secondary N) is 1. The van der Waals surface area contributed by atoms with Crippen LogP contribution in [0.4, 0.5) is 0 Å². The Morgan fingerprint density at radius 1 is 1.12 bits per heavy atom. The molecule has 3 aliphatic rings. The van der Waals surface area contributed by atoms with Crippen LogP contribution in [0.15, 0.2) is 0 Å². The molecule has 0 bridgehead atoms. The quantitative estimate of drug-likeness (QED) is 0.742. The molecule has 0 aromatic carbocycles. The lowest BCUT2D eigenvalue weighted by atomic mass is 10.1. The molecule has 2 heteroatoms. The highest BCUT2D eigenvalue weighted by atomic mass is 15.2. The second kappa shape index (κ2) is 4.66. The summed E-state index contributed by atoms with van der Waals surface area (Å²) < 4.78 is 0. The van der Waals surface area contributed by atoms with Gasteiger partial charge >= 0.3 is 0 Å². The summed E-state index contributed by atoms with van der Waals surface area (Å²) in [6.45, 7) is 5.03. The number of hydrogen-bond donors (Lipinski definition) is 1. The number of likely N-dealkylation sites (tertiary alicyclic amines) is 1. The molecule has 0 radical (unpaired) electrons. The van der Waals surface area contributed by atoms with Crippen molar-refractivity contribution in [2.45, 2.75) is 70.0 Å². The van der Waals surface area contributed by atoms with Crippen LogP contribution in [0.3, 0.4) is 0 Å². The van der Waals surface area contributed by atoms with Crippen LogP contribution in [-0.2, 0) is 0 Å². The predicted molar refractivity (Wildman–Crippen MR) is 67.6 cm³/mol. The van der Waals surface area contributed by atoms with Crippen LogP contribution >= 0.6 is 0 Å². The molecular formula is C14H26N2. The highest BCUT2D eigenvalue weighted by Crippen LogP contribution is 2.36. The third-order valence-electron chi connectivity index (χ3n) is 4.56. The van der Waals surface area contributed by atoms with Gasteiger partial charge in [0.15, 0.2) is 0 Å². The second-order valence-electron chi connectivity index (χ2n) is 6.16. The molecule has 92 valence electrons. The summed E-state index contributed by atoms with van der Waals surface area (Å²) in [6.07, 6.45) is 10.1. The molecule has 2 aliphatic carbocycles. The molecule has 1 aliphatic heterocycles. The van der Waals surface area contributed by atoms with E-state index in [1.165, 1.54) is 58.0 Å². The van der Waals surface area contributed by atoms with Crippen molar-refractivity contribution >= 4 is 0 Å². The molecule has 2 unspecified atom stereocenters. The van der Waals surface area contributed by atoms with Gasteiger partial charge in [-0.3, -0.25) is 4.90 Å². The van der Waals surface area contributed by atoms with Crippen molar-refractivity contribution in [2.75, 3.05) is 13.1 Å². The maximum atomic E-state index is 3.79. The lowest BCUT2D eigenvalue weighted by molar-refractivity contribution is 0.211. The summed E-state index contributed by atoms with van der Waals surface area (Å²) in [7, 11) is 0. The standard InChI is InChI=1S/C14H26N2/c1-2-14(9-11-3-4-11)16-8-7-13(10-16)15-12-5-6-12/h11-15H,2-10H2,1H3. The van der Waals surface area contributed by atoms with Crippen molar-refractivity contribution in [3.05, 3.63) is 0 Å². The molecular weight excluding hydrogens is 196 g/mol. The van der Waals surface area contributed by atoms with Gasteiger partial charge in [0, 0.05) is 31.2 Å². The third kappa shape index (κ3) is 2.78. The Bertz CT molecular complexity index is 233. The predicted octanol–water partition coefficient (Wildman–Crippen LogP) is 2.39. The van der Waals surface area contributed by atoms with Crippen LogP contribution < -0.4 is 5.32 Å². The summed E-state index contributed by atoms with van der Waals surface area (Å²) in [5.74, 6) is 1.08. The molecule has 16 heavy (non-hydrogen) atoms. The van der Waals surface area contributed by atoms with E-state index in [9.17, 15) is 0 Å². The molecule has 0 spiro atoms. The fourth-order valence-electron chi connectivity index (χ4n) is 3.15. The van der Waals surface area contributed by atoms with Gasteiger partial charge in [-0.15, -0.1) is 0 Å². The molecule has 1 saturated heterocycles. The van der Waals surface area contributed by atoms with E-state index in [1.54, 1.807) is 0 Å². The van der Waals surface area contributed by atoms with Crippen LogP contribution in [0.1, 0.15) is 51.9 Å². The lowest BCUT2D eigenvalue weighted by Crippen LogP contribution is -2.38. The van der Waals surface area contributed by atoms with E-state index in [0.717, 1.165) is 24.0 Å². The van der Waals surface area contributed by atoms with Gasteiger partial charge in [-0.25, -0.2) is 0 Å². The van der Waals surface area contributed by atoms with Gasteiger partial charge in [-0.1, -0.05) is 19.8 Å². The fourth-order valence-corrected chi connectivity index (χ4v) is 3.15. The van der Waals surface area contributed by atoms with Crippen molar-refractivity contribution < 1.29 is 0 Å². The zero-order chi connectivity index (χ0) is 11.0. The first-order valence-corrected chi connectivity index (χ1v) is 7.35. The van der Waals surface area contributed by atoms with Gasteiger partial charge in [0.05, 0.1) is 0 Å². The van der Waals surface area contributed by atoms with Gasteiger partial charge < -0.3 is 5.32 Å². The van der Waals surface area contributed by atoms with E-state index in [-0.39, 0.29) is 0 Å². The zero-order valence-corrected chi connectivity index (χ0v) is 10.6. The Kier molecular flexibility index (Phi) is 3.21. The number of hydrogen-bond acceptors (Lipinski definition) is 2. The highest BCUT2D eigenvalue weighted by Gasteiger charge is 2.33. The molecule has 1 heterocycles.